The minimum Gasteiger partial charge on any atom is -0.348 e. The Morgan fingerprint density at radius 2 is 1.71 bits per heavy atom. The minimum atomic E-state index is -0.245. The van der Waals surface area contributed by atoms with Crippen molar-refractivity contribution in [1.29, 1.82) is 0 Å². The second-order valence-electron chi connectivity index (χ2n) is 3.78. The number of nitrogens with zero attached hydrogens (tertiary/aromatic N) is 1. The van der Waals surface area contributed by atoms with Crippen molar-refractivity contribution in [2.24, 2.45) is 0 Å². The van der Waals surface area contributed by atoms with Crippen molar-refractivity contribution >= 4 is 17.6 Å². The molecule has 0 unspecified atom stereocenters. The lowest BCUT2D eigenvalue weighted by Crippen LogP contribution is -2.43. The molecule has 0 rings (SSSR count). The van der Waals surface area contributed by atoms with E-state index in [4.69, 9.17) is 0 Å². The maximum atomic E-state index is 11.3. The molecule has 0 saturated carbocycles. The second-order valence-corrected chi connectivity index (χ2v) is 3.78. The van der Waals surface area contributed by atoms with Gasteiger partial charge in [-0.25, -0.2) is 0 Å². The zero-order valence-corrected chi connectivity index (χ0v) is 10.5. The van der Waals surface area contributed by atoms with Crippen molar-refractivity contribution in [1.82, 2.24) is 20.9 Å². The first-order chi connectivity index (χ1) is 7.95. The van der Waals surface area contributed by atoms with E-state index in [0.29, 0.717) is 0 Å². The standard InChI is InChI=1S/C10H20N4O3/c1-8(15)4-12-10(17)6-14(3)7-13-9(16)5-11-2/h11H,4-7H2,1-3H3,(H,12,17)(H,13,16). The Balaban J connectivity index is 3.70. The lowest BCUT2D eigenvalue weighted by atomic mass is 10.4. The van der Waals surface area contributed by atoms with Gasteiger partial charge >= 0.3 is 0 Å². The van der Waals surface area contributed by atoms with Crippen molar-refractivity contribution < 1.29 is 14.4 Å². The molecular formula is C10H20N4O3. The first-order valence-electron chi connectivity index (χ1n) is 5.31. The van der Waals surface area contributed by atoms with E-state index >= 15 is 0 Å². The molecule has 0 aromatic carbocycles. The first kappa shape index (κ1) is 15.5. The number of hydrogen-bond acceptors (Lipinski definition) is 5. The lowest BCUT2D eigenvalue weighted by molar-refractivity contribution is -0.125. The van der Waals surface area contributed by atoms with Gasteiger partial charge in [0.05, 0.1) is 26.3 Å². The average Bonchev–Trinajstić information content (AvgIpc) is 2.24. The molecule has 0 aromatic rings. The van der Waals surface area contributed by atoms with E-state index in [-0.39, 0.29) is 43.9 Å². The van der Waals surface area contributed by atoms with Gasteiger partial charge in [0, 0.05) is 0 Å². The fourth-order valence-corrected chi connectivity index (χ4v) is 1.03. The van der Waals surface area contributed by atoms with E-state index in [1.54, 1.807) is 19.0 Å². The van der Waals surface area contributed by atoms with Crippen LogP contribution in [0.1, 0.15) is 6.92 Å². The molecule has 0 aliphatic rings. The number of likely N-dealkylation sites (N-methyl/N-ethyl adjacent to an activating group) is 2. The Hall–Kier alpha value is -1.47. The molecule has 17 heavy (non-hydrogen) atoms. The van der Waals surface area contributed by atoms with Crippen molar-refractivity contribution in [3.63, 3.8) is 0 Å². The van der Waals surface area contributed by atoms with E-state index in [9.17, 15) is 14.4 Å². The first-order valence-corrected chi connectivity index (χ1v) is 5.31. The van der Waals surface area contributed by atoms with E-state index in [1.807, 2.05) is 0 Å². The summed E-state index contributed by atoms with van der Waals surface area (Å²) in [6.07, 6.45) is 0. The highest BCUT2D eigenvalue weighted by molar-refractivity contribution is 5.85. The van der Waals surface area contributed by atoms with Gasteiger partial charge in [-0.15, -0.1) is 0 Å². The molecule has 0 atom stereocenters. The SMILES string of the molecule is CNCC(=O)NCN(C)CC(=O)NCC(C)=O. The predicted molar refractivity (Wildman–Crippen MR) is 63.3 cm³/mol. The van der Waals surface area contributed by atoms with Crippen LogP contribution in [0, 0.1) is 0 Å². The number of rotatable bonds is 8. The van der Waals surface area contributed by atoms with Crippen LogP contribution < -0.4 is 16.0 Å². The Kier molecular flexibility index (Phi) is 7.91. The largest absolute Gasteiger partial charge is 0.348 e. The maximum Gasteiger partial charge on any atom is 0.234 e. The van der Waals surface area contributed by atoms with Gasteiger partial charge in [-0.05, 0) is 21.0 Å². The van der Waals surface area contributed by atoms with Crippen LogP contribution in [0.25, 0.3) is 0 Å². The van der Waals surface area contributed by atoms with Crippen LogP contribution in [-0.2, 0) is 14.4 Å². The molecule has 0 spiro atoms. The van der Waals surface area contributed by atoms with Gasteiger partial charge in [0.2, 0.25) is 11.8 Å². The minimum absolute atomic E-state index is 0.0405. The lowest BCUT2D eigenvalue weighted by Gasteiger charge is -2.16. The highest BCUT2D eigenvalue weighted by Gasteiger charge is 2.07. The Morgan fingerprint density at radius 1 is 1.06 bits per heavy atom. The van der Waals surface area contributed by atoms with Crippen molar-refractivity contribution in [2.45, 2.75) is 6.92 Å². The third kappa shape index (κ3) is 9.46. The van der Waals surface area contributed by atoms with Crippen LogP contribution in [0.3, 0.4) is 0 Å². The molecule has 0 fully saturated rings. The van der Waals surface area contributed by atoms with E-state index in [0.717, 1.165) is 0 Å². The van der Waals surface area contributed by atoms with Crippen LogP contribution in [0.5, 0.6) is 0 Å². The highest BCUT2D eigenvalue weighted by atomic mass is 16.2. The molecule has 7 nitrogen and oxygen atoms in total. The number of nitrogens with one attached hydrogen (secondary N) is 3. The smallest absolute Gasteiger partial charge is 0.234 e. The summed E-state index contributed by atoms with van der Waals surface area (Å²) in [6, 6.07) is 0. The summed E-state index contributed by atoms with van der Waals surface area (Å²) in [6.45, 7) is 2.10. The zero-order valence-electron chi connectivity index (χ0n) is 10.5. The molecule has 0 aliphatic carbocycles. The average molecular weight is 244 g/mol. The Bertz CT molecular complexity index is 281. The Labute approximate surface area is 101 Å². The van der Waals surface area contributed by atoms with Gasteiger partial charge in [-0.3, -0.25) is 19.3 Å². The molecule has 2 amide bonds. The fourth-order valence-electron chi connectivity index (χ4n) is 1.03. The summed E-state index contributed by atoms with van der Waals surface area (Å²) in [4.78, 5) is 34.7. The summed E-state index contributed by atoms with van der Waals surface area (Å²) in [5, 5.41) is 7.82. The van der Waals surface area contributed by atoms with Gasteiger partial charge in [0.1, 0.15) is 5.78 Å². The molecule has 98 valence electrons. The molecule has 7 heteroatoms. The van der Waals surface area contributed by atoms with Gasteiger partial charge < -0.3 is 16.0 Å². The van der Waals surface area contributed by atoms with Crippen LogP contribution >= 0.6 is 0 Å². The number of carbonyl (C=O) groups is 3. The molecular weight excluding hydrogens is 224 g/mol. The van der Waals surface area contributed by atoms with Gasteiger partial charge in [-0.1, -0.05) is 0 Å². The van der Waals surface area contributed by atoms with Crippen molar-refractivity contribution in [3.05, 3.63) is 0 Å². The van der Waals surface area contributed by atoms with Crippen molar-refractivity contribution in [2.75, 3.05) is 40.4 Å². The third-order valence-electron chi connectivity index (χ3n) is 1.83. The number of Topliss-reactive ketones (excluding diaryl/α,β-unsaturated/α-hetero) is 1. The molecule has 0 radical (unpaired) electrons. The maximum absolute atomic E-state index is 11.3. The molecule has 0 aromatic heterocycles. The summed E-state index contributed by atoms with van der Waals surface area (Å²) < 4.78 is 0. The van der Waals surface area contributed by atoms with Crippen LogP contribution in [-0.4, -0.2) is 62.9 Å². The Morgan fingerprint density at radius 3 is 2.24 bits per heavy atom. The van der Waals surface area contributed by atoms with Crippen LogP contribution in [0.15, 0.2) is 0 Å². The monoisotopic (exact) mass is 244 g/mol. The quantitative estimate of drug-likeness (QED) is 0.426. The van der Waals surface area contributed by atoms with E-state index < -0.39 is 0 Å². The fraction of sp³-hybridized carbons (Fsp3) is 0.700. The van der Waals surface area contributed by atoms with Crippen LogP contribution in [0.4, 0.5) is 0 Å². The van der Waals surface area contributed by atoms with E-state index in [1.165, 1.54) is 6.92 Å². The summed E-state index contributed by atoms with van der Waals surface area (Å²) in [5.41, 5.74) is 0. The van der Waals surface area contributed by atoms with Crippen molar-refractivity contribution in [3.8, 4) is 0 Å². The number of amides is 2. The molecule has 0 bridgehead atoms. The van der Waals surface area contributed by atoms with Gasteiger partial charge in [0.15, 0.2) is 0 Å². The van der Waals surface area contributed by atoms with E-state index in [2.05, 4.69) is 16.0 Å². The van der Waals surface area contributed by atoms with Crippen LogP contribution in [0.2, 0.25) is 0 Å². The number of carbonyl (C=O) groups excluding carboxylic acids is 3. The number of hydrogen-bond donors (Lipinski definition) is 3. The summed E-state index contributed by atoms with van der Waals surface area (Å²) in [7, 11) is 3.38. The van der Waals surface area contributed by atoms with Gasteiger partial charge in [-0.2, -0.15) is 0 Å². The predicted octanol–water partition coefficient (Wildman–Crippen LogP) is -2.08. The molecule has 3 N–H and O–H groups in total. The molecule has 0 aliphatic heterocycles. The summed E-state index contributed by atoms with van der Waals surface area (Å²) >= 11 is 0. The highest BCUT2D eigenvalue weighted by Crippen LogP contribution is 1.79. The number of ketones is 1. The zero-order chi connectivity index (χ0) is 13.3. The molecule has 0 saturated heterocycles. The normalized spacial score (nSPS) is 10.1. The summed E-state index contributed by atoms with van der Waals surface area (Å²) in [5.74, 6) is -0.475. The topological polar surface area (TPSA) is 90.5 Å². The second kappa shape index (κ2) is 8.66. The van der Waals surface area contributed by atoms with Gasteiger partial charge in [0.25, 0.3) is 0 Å². The molecule has 0 heterocycles. The third-order valence-corrected chi connectivity index (χ3v) is 1.83.